The van der Waals surface area contributed by atoms with Crippen molar-refractivity contribution in [2.45, 2.75) is 38.1 Å². The molecule has 1 atom stereocenters. The molecular weight excluding hydrogens is 318 g/mol. The van der Waals surface area contributed by atoms with Gasteiger partial charge in [-0.25, -0.2) is 0 Å². The average molecular weight is 349 g/mol. The van der Waals surface area contributed by atoms with Crippen molar-refractivity contribution in [2.75, 3.05) is 52.5 Å². The summed E-state index contributed by atoms with van der Waals surface area (Å²) in [5.41, 5.74) is 0. The van der Waals surface area contributed by atoms with E-state index in [0.29, 0.717) is 32.1 Å². The van der Waals surface area contributed by atoms with Crippen LogP contribution in [0, 0.1) is 5.92 Å². The van der Waals surface area contributed by atoms with Crippen LogP contribution >= 0.6 is 0 Å². The quantitative estimate of drug-likeness (QED) is 0.647. The van der Waals surface area contributed by atoms with Crippen LogP contribution in [0.5, 0.6) is 0 Å². The third kappa shape index (κ3) is 4.61. The Hall–Kier alpha value is -1.40. The fourth-order valence-corrected chi connectivity index (χ4v) is 4.25. The van der Waals surface area contributed by atoms with Crippen molar-refractivity contribution < 1.29 is 14.3 Å². The topological polar surface area (TPSA) is 53.1 Å². The summed E-state index contributed by atoms with van der Waals surface area (Å²) in [5.74, 6) is 0.0864. The summed E-state index contributed by atoms with van der Waals surface area (Å²) in [6.07, 6.45) is 6.73. The zero-order valence-electron chi connectivity index (χ0n) is 15.2. The fraction of sp³-hybridized carbons (Fsp3) is 0.789. The molecule has 0 radical (unpaired) electrons. The van der Waals surface area contributed by atoms with E-state index < -0.39 is 0 Å². The van der Waals surface area contributed by atoms with Crippen LogP contribution in [-0.2, 0) is 14.3 Å². The van der Waals surface area contributed by atoms with Crippen molar-refractivity contribution in [3.05, 3.63) is 12.7 Å². The van der Waals surface area contributed by atoms with Crippen molar-refractivity contribution in [3.8, 4) is 0 Å². The van der Waals surface area contributed by atoms with Gasteiger partial charge in [0.2, 0.25) is 11.8 Å². The molecule has 0 unspecified atom stereocenters. The van der Waals surface area contributed by atoms with Crippen LogP contribution in [0.2, 0.25) is 0 Å². The van der Waals surface area contributed by atoms with E-state index in [1.54, 1.807) is 0 Å². The smallest absolute Gasteiger partial charge is 0.228 e. The zero-order valence-corrected chi connectivity index (χ0v) is 15.2. The van der Waals surface area contributed by atoms with Crippen LogP contribution in [0.25, 0.3) is 0 Å². The van der Waals surface area contributed by atoms with E-state index in [-0.39, 0.29) is 17.7 Å². The molecule has 0 aromatic heterocycles. The minimum Gasteiger partial charge on any atom is -0.379 e. The summed E-state index contributed by atoms with van der Waals surface area (Å²) >= 11 is 0. The highest BCUT2D eigenvalue weighted by Gasteiger charge is 2.38. The molecule has 3 fully saturated rings. The lowest BCUT2D eigenvalue weighted by Crippen LogP contribution is -2.44. The number of hydrogen-bond donors (Lipinski definition) is 0. The molecule has 6 heteroatoms. The zero-order chi connectivity index (χ0) is 17.6. The SMILES string of the molecule is C=CCN(C(=O)[C@@H]1CC(=O)N(CCN2CCOCC2)C1)C1CCCC1. The van der Waals surface area contributed by atoms with Crippen molar-refractivity contribution in [2.24, 2.45) is 5.92 Å². The molecular formula is C19H31N3O3. The lowest BCUT2D eigenvalue weighted by molar-refractivity contribution is -0.137. The molecule has 2 aliphatic heterocycles. The minimum atomic E-state index is -0.183. The van der Waals surface area contributed by atoms with E-state index in [2.05, 4.69) is 11.5 Å². The summed E-state index contributed by atoms with van der Waals surface area (Å²) in [4.78, 5) is 31.5. The summed E-state index contributed by atoms with van der Waals surface area (Å²) in [6.45, 7) is 9.96. The molecule has 2 amide bonds. The molecule has 0 spiro atoms. The fourth-order valence-electron chi connectivity index (χ4n) is 4.25. The number of nitrogens with zero attached hydrogens (tertiary/aromatic N) is 3. The summed E-state index contributed by atoms with van der Waals surface area (Å²) < 4.78 is 5.36. The van der Waals surface area contributed by atoms with Gasteiger partial charge in [-0.05, 0) is 12.8 Å². The van der Waals surface area contributed by atoms with Crippen LogP contribution in [0.3, 0.4) is 0 Å². The first-order valence-corrected chi connectivity index (χ1v) is 9.68. The van der Waals surface area contributed by atoms with Gasteiger partial charge in [0, 0.05) is 51.7 Å². The standard InChI is InChI=1S/C19H31N3O3/c1-2-7-22(17-5-3-4-6-17)19(24)16-14-18(23)21(15-16)9-8-20-10-12-25-13-11-20/h2,16-17H,1,3-15H2/t16-/m1/s1. The molecule has 140 valence electrons. The molecule has 1 aliphatic carbocycles. The molecule has 0 bridgehead atoms. The number of amides is 2. The lowest BCUT2D eigenvalue weighted by Gasteiger charge is -2.30. The molecule has 3 aliphatic rings. The highest BCUT2D eigenvalue weighted by molar-refractivity contribution is 5.89. The van der Waals surface area contributed by atoms with E-state index in [1.165, 1.54) is 12.8 Å². The Bertz CT molecular complexity index is 484. The second-order valence-corrected chi connectivity index (χ2v) is 7.41. The Labute approximate surface area is 150 Å². The molecule has 6 nitrogen and oxygen atoms in total. The monoisotopic (exact) mass is 349 g/mol. The number of carbonyl (C=O) groups is 2. The number of hydrogen-bond acceptors (Lipinski definition) is 4. The van der Waals surface area contributed by atoms with Crippen LogP contribution in [0.1, 0.15) is 32.1 Å². The Kier molecular flexibility index (Phi) is 6.48. The predicted octanol–water partition coefficient (Wildman–Crippen LogP) is 1.12. The average Bonchev–Trinajstić information content (AvgIpc) is 3.28. The van der Waals surface area contributed by atoms with E-state index in [9.17, 15) is 9.59 Å². The largest absolute Gasteiger partial charge is 0.379 e. The van der Waals surface area contributed by atoms with Gasteiger partial charge in [0.05, 0.1) is 19.1 Å². The third-order valence-electron chi connectivity index (χ3n) is 5.73. The third-order valence-corrected chi connectivity index (χ3v) is 5.73. The predicted molar refractivity (Wildman–Crippen MR) is 96.1 cm³/mol. The number of rotatable bonds is 7. The summed E-state index contributed by atoms with van der Waals surface area (Å²) in [5, 5.41) is 0. The normalized spacial score (nSPS) is 25.5. The first-order valence-electron chi connectivity index (χ1n) is 9.68. The van der Waals surface area contributed by atoms with Gasteiger partial charge in [-0.1, -0.05) is 18.9 Å². The molecule has 1 saturated carbocycles. The van der Waals surface area contributed by atoms with Crippen LogP contribution in [-0.4, -0.2) is 85.0 Å². The van der Waals surface area contributed by atoms with Gasteiger partial charge in [-0.3, -0.25) is 14.5 Å². The van der Waals surface area contributed by atoms with E-state index in [4.69, 9.17) is 4.74 Å². The van der Waals surface area contributed by atoms with Gasteiger partial charge in [-0.15, -0.1) is 6.58 Å². The van der Waals surface area contributed by atoms with Gasteiger partial charge in [0.1, 0.15) is 0 Å². The number of ether oxygens (including phenoxy) is 1. The lowest BCUT2D eigenvalue weighted by atomic mass is 10.0. The Morgan fingerprint density at radius 2 is 1.96 bits per heavy atom. The highest BCUT2D eigenvalue weighted by atomic mass is 16.5. The first kappa shape index (κ1) is 18.4. The van der Waals surface area contributed by atoms with Crippen LogP contribution in [0.15, 0.2) is 12.7 Å². The van der Waals surface area contributed by atoms with E-state index in [1.807, 2.05) is 15.9 Å². The Balaban J connectivity index is 1.52. The van der Waals surface area contributed by atoms with Gasteiger partial charge in [0.25, 0.3) is 0 Å². The van der Waals surface area contributed by atoms with Gasteiger partial charge in [-0.2, -0.15) is 0 Å². The summed E-state index contributed by atoms with van der Waals surface area (Å²) in [6, 6.07) is 0.336. The number of carbonyl (C=O) groups excluding carboxylic acids is 2. The molecule has 2 heterocycles. The van der Waals surface area contributed by atoms with Crippen molar-refractivity contribution in [1.29, 1.82) is 0 Å². The second-order valence-electron chi connectivity index (χ2n) is 7.41. The molecule has 0 aromatic rings. The van der Waals surface area contributed by atoms with Crippen molar-refractivity contribution in [1.82, 2.24) is 14.7 Å². The van der Waals surface area contributed by atoms with Crippen molar-refractivity contribution >= 4 is 11.8 Å². The summed E-state index contributed by atoms with van der Waals surface area (Å²) in [7, 11) is 0. The van der Waals surface area contributed by atoms with Gasteiger partial charge < -0.3 is 14.5 Å². The van der Waals surface area contributed by atoms with E-state index >= 15 is 0 Å². The molecule has 0 aromatic carbocycles. The minimum absolute atomic E-state index is 0.122. The molecule has 2 saturated heterocycles. The second kappa shape index (κ2) is 8.81. The van der Waals surface area contributed by atoms with Gasteiger partial charge >= 0.3 is 0 Å². The van der Waals surface area contributed by atoms with Crippen LogP contribution in [0.4, 0.5) is 0 Å². The maximum atomic E-state index is 13.0. The maximum Gasteiger partial charge on any atom is 0.228 e. The van der Waals surface area contributed by atoms with Gasteiger partial charge in [0.15, 0.2) is 0 Å². The van der Waals surface area contributed by atoms with E-state index in [0.717, 1.165) is 45.7 Å². The first-order chi connectivity index (χ1) is 12.2. The maximum absolute atomic E-state index is 13.0. The number of likely N-dealkylation sites (tertiary alicyclic amines) is 1. The molecule has 25 heavy (non-hydrogen) atoms. The van der Waals surface area contributed by atoms with Crippen molar-refractivity contribution in [3.63, 3.8) is 0 Å². The van der Waals surface area contributed by atoms with Crippen LogP contribution < -0.4 is 0 Å². The highest BCUT2D eigenvalue weighted by Crippen LogP contribution is 2.27. The Morgan fingerprint density at radius 3 is 2.64 bits per heavy atom. The molecule has 3 rings (SSSR count). The number of morpholine rings is 1. The Morgan fingerprint density at radius 1 is 1.24 bits per heavy atom. The molecule has 0 N–H and O–H groups in total.